The maximum absolute atomic E-state index is 12.2. The molecule has 0 atom stereocenters. The molecule has 2 heterocycles. The first kappa shape index (κ1) is 14.9. The van der Waals surface area contributed by atoms with Crippen LogP contribution in [0.3, 0.4) is 0 Å². The van der Waals surface area contributed by atoms with Crippen molar-refractivity contribution in [2.45, 2.75) is 6.42 Å². The second-order valence-electron chi connectivity index (χ2n) is 4.34. The van der Waals surface area contributed by atoms with Crippen LogP contribution in [0.4, 0.5) is 0 Å². The number of Topliss-reactive ketones (excluding diaryl/α,β-unsaturated/α-hetero) is 1. The number of halogens is 2. The normalized spacial score (nSPS) is 10.8. The lowest BCUT2D eigenvalue weighted by atomic mass is 10.1. The zero-order valence-electron chi connectivity index (χ0n) is 10.7. The van der Waals surface area contributed by atoms with Crippen LogP contribution in [0, 0.1) is 0 Å². The van der Waals surface area contributed by atoms with Gasteiger partial charge in [0.2, 0.25) is 0 Å². The third-order valence-corrected chi connectivity index (χ3v) is 6.38. The Labute approximate surface area is 143 Å². The molecule has 0 radical (unpaired) electrons. The summed E-state index contributed by atoms with van der Waals surface area (Å²) in [6, 6.07) is 11.2. The number of rotatable bonds is 4. The first-order valence-electron chi connectivity index (χ1n) is 6.11. The number of aromatic nitrogens is 1. The molecule has 0 aliphatic heterocycles. The molecule has 0 saturated heterocycles. The van der Waals surface area contributed by atoms with Crippen molar-refractivity contribution in [1.82, 2.24) is 4.98 Å². The van der Waals surface area contributed by atoms with Gasteiger partial charge in [0.15, 0.2) is 5.78 Å². The summed E-state index contributed by atoms with van der Waals surface area (Å²) in [5.41, 5.74) is 1.51. The fourth-order valence-electron chi connectivity index (χ4n) is 1.84. The van der Waals surface area contributed by atoms with Gasteiger partial charge in [0.1, 0.15) is 9.34 Å². The first-order chi connectivity index (χ1) is 10.1. The number of thiophene rings is 1. The lowest BCUT2D eigenvalue weighted by Gasteiger charge is -1.97. The van der Waals surface area contributed by atoms with E-state index in [-0.39, 0.29) is 5.78 Å². The summed E-state index contributed by atoms with van der Waals surface area (Å²) in [6.07, 6.45) is 0.320. The number of nitrogens with zero attached hydrogens (tertiary/aromatic N) is 1. The summed E-state index contributed by atoms with van der Waals surface area (Å²) in [5.74, 6) is 0.0813. The summed E-state index contributed by atoms with van der Waals surface area (Å²) < 4.78 is 1.59. The van der Waals surface area contributed by atoms with Gasteiger partial charge in [0.25, 0.3) is 0 Å². The van der Waals surface area contributed by atoms with E-state index in [0.717, 1.165) is 20.1 Å². The molecule has 106 valence electrons. The number of thiazole rings is 1. The molecule has 0 aliphatic rings. The number of benzene rings is 1. The molecule has 2 nitrogen and oxygen atoms in total. The van der Waals surface area contributed by atoms with Crippen LogP contribution in [0.1, 0.15) is 16.1 Å². The number of hydrogen-bond acceptors (Lipinski definition) is 4. The molecule has 0 spiro atoms. The van der Waals surface area contributed by atoms with Crippen molar-refractivity contribution in [3.8, 4) is 9.88 Å². The Morgan fingerprint density at radius 1 is 1.29 bits per heavy atom. The Kier molecular flexibility index (Phi) is 4.54. The lowest BCUT2D eigenvalue weighted by Crippen LogP contribution is -2.03. The highest BCUT2D eigenvalue weighted by Gasteiger charge is 2.13. The zero-order valence-corrected chi connectivity index (χ0v) is 14.7. The highest BCUT2D eigenvalue weighted by molar-refractivity contribution is 9.10. The van der Waals surface area contributed by atoms with Crippen LogP contribution in [0.15, 0.2) is 46.3 Å². The molecule has 0 unspecified atom stereocenters. The van der Waals surface area contributed by atoms with E-state index >= 15 is 0 Å². The minimum Gasteiger partial charge on any atom is -0.294 e. The molecule has 0 bridgehead atoms. The third kappa shape index (κ3) is 3.43. The molecule has 0 amide bonds. The third-order valence-electron chi connectivity index (χ3n) is 2.85. The van der Waals surface area contributed by atoms with E-state index in [9.17, 15) is 4.79 Å². The predicted molar refractivity (Wildman–Crippen MR) is 92.6 cm³/mol. The topological polar surface area (TPSA) is 30.0 Å². The standard InChI is InChI=1S/C15H9BrClNOS2/c16-11-7-13(21-14(11)17)15-18-10(8-20-15)6-12(19)9-4-2-1-3-5-9/h1-5,7-8H,6H2. The van der Waals surface area contributed by atoms with Crippen LogP contribution in [0.5, 0.6) is 0 Å². The molecule has 1 aromatic carbocycles. The monoisotopic (exact) mass is 397 g/mol. The van der Waals surface area contributed by atoms with Crippen molar-refractivity contribution in [2.24, 2.45) is 0 Å². The average molecular weight is 399 g/mol. The van der Waals surface area contributed by atoms with Crippen molar-refractivity contribution < 1.29 is 4.79 Å². The highest BCUT2D eigenvalue weighted by atomic mass is 79.9. The Morgan fingerprint density at radius 2 is 2.05 bits per heavy atom. The van der Waals surface area contributed by atoms with Gasteiger partial charge in [0, 0.05) is 15.4 Å². The molecule has 6 heteroatoms. The fourth-order valence-corrected chi connectivity index (χ4v) is 4.43. The lowest BCUT2D eigenvalue weighted by molar-refractivity contribution is 0.0992. The van der Waals surface area contributed by atoms with Crippen LogP contribution in [0.25, 0.3) is 9.88 Å². The average Bonchev–Trinajstić information content (AvgIpc) is 3.07. The van der Waals surface area contributed by atoms with Gasteiger partial charge in [-0.2, -0.15) is 0 Å². The molecular weight excluding hydrogens is 390 g/mol. The number of hydrogen-bond donors (Lipinski definition) is 0. The van der Waals surface area contributed by atoms with Gasteiger partial charge in [-0.3, -0.25) is 4.79 Å². The minimum atomic E-state index is 0.0813. The van der Waals surface area contributed by atoms with E-state index in [1.54, 1.807) is 0 Å². The molecule has 0 fully saturated rings. The summed E-state index contributed by atoms with van der Waals surface area (Å²) in [4.78, 5) is 17.7. The molecular formula is C15H9BrClNOS2. The Morgan fingerprint density at radius 3 is 2.71 bits per heavy atom. The number of carbonyl (C=O) groups is 1. The smallest absolute Gasteiger partial charge is 0.168 e. The van der Waals surface area contributed by atoms with E-state index in [1.165, 1.54) is 22.7 Å². The predicted octanol–water partition coefficient (Wildman–Crippen LogP) is 5.71. The summed E-state index contributed by atoms with van der Waals surface area (Å²) in [5, 5.41) is 2.82. The van der Waals surface area contributed by atoms with E-state index in [2.05, 4.69) is 20.9 Å². The molecule has 21 heavy (non-hydrogen) atoms. The SMILES string of the molecule is O=C(Cc1csc(-c2cc(Br)c(Cl)s2)n1)c1ccccc1. The van der Waals surface area contributed by atoms with Gasteiger partial charge in [-0.1, -0.05) is 41.9 Å². The van der Waals surface area contributed by atoms with E-state index in [4.69, 9.17) is 11.6 Å². The summed E-state index contributed by atoms with van der Waals surface area (Å²) in [7, 11) is 0. The Balaban J connectivity index is 1.78. The maximum atomic E-state index is 12.2. The van der Waals surface area contributed by atoms with Gasteiger partial charge in [-0.25, -0.2) is 4.98 Å². The van der Waals surface area contributed by atoms with Gasteiger partial charge >= 0.3 is 0 Å². The second kappa shape index (κ2) is 6.40. The van der Waals surface area contributed by atoms with Gasteiger partial charge in [-0.05, 0) is 22.0 Å². The van der Waals surface area contributed by atoms with Crippen LogP contribution in [0.2, 0.25) is 4.34 Å². The minimum absolute atomic E-state index is 0.0813. The number of ketones is 1. The van der Waals surface area contributed by atoms with Crippen LogP contribution in [-0.4, -0.2) is 10.8 Å². The molecule has 0 saturated carbocycles. The van der Waals surface area contributed by atoms with Crippen molar-refractivity contribution in [1.29, 1.82) is 0 Å². The summed E-state index contributed by atoms with van der Waals surface area (Å²) in [6.45, 7) is 0. The van der Waals surface area contributed by atoms with Gasteiger partial charge in [0.05, 0.1) is 17.0 Å². The maximum Gasteiger partial charge on any atom is 0.168 e. The summed E-state index contributed by atoms with van der Waals surface area (Å²) >= 11 is 12.4. The van der Waals surface area contributed by atoms with Crippen LogP contribution < -0.4 is 0 Å². The largest absolute Gasteiger partial charge is 0.294 e. The van der Waals surface area contributed by atoms with Crippen molar-refractivity contribution >= 4 is 56.0 Å². The molecule has 0 N–H and O–H groups in total. The molecule has 3 aromatic rings. The molecule has 2 aromatic heterocycles. The zero-order chi connectivity index (χ0) is 14.8. The quantitative estimate of drug-likeness (QED) is 0.527. The molecule has 0 aliphatic carbocycles. The first-order valence-corrected chi connectivity index (χ1v) is 8.98. The van der Waals surface area contributed by atoms with Crippen molar-refractivity contribution in [3.63, 3.8) is 0 Å². The van der Waals surface area contributed by atoms with E-state index in [0.29, 0.717) is 16.3 Å². The van der Waals surface area contributed by atoms with Crippen LogP contribution in [-0.2, 0) is 6.42 Å². The van der Waals surface area contributed by atoms with Crippen LogP contribution >= 0.6 is 50.2 Å². The van der Waals surface area contributed by atoms with Gasteiger partial charge in [-0.15, -0.1) is 22.7 Å². The Bertz CT molecular complexity index is 763. The second-order valence-corrected chi connectivity index (χ2v) is 7.71. The highest BCUT2D eigenvalue weighted by Crippen LogP contribution is 2.39. The molecule has 3 rings (SSSR count). The van der Waals surface area contributed by atoms with Crippen molar-refractivity contribution in [2.75, 3.05) is 0 Å². The Hall–Kier alpha value is -1.01. The van der Waals surface area contributed by atoms with Gasteiger partial charge < -0.3 is 0 Å². The fraction of sp³-hybridized carbons (Fsp3) is 0.0667. The van der Waals surface area contributed by atoms with E-state index in [1.807, 2.05) is 41.8 Å². The van der Waals surface area contributed by atoms with Crippen molar-refractivity contribution in [3.05, 3.63) is 61.8 Å². The number of carbonyl (C=O) groups excluding carboxylic acids is 1. The van der Waals surface area contributed by atoms with E-state index < -0.39 is 0 Å².